The molecule has 0 radical (unpaired) electrons. The molecule has 0 unspecified atom stereocenters. The summed E-state index contributed by atoms with van der Waals surface area (Å²) in [6.07, 6.45) is 1.22. The normalized spacial score (nSPS) is 7.33. The van der Waals surface area contributed by atoms with E-state index in [4.69, 9.17) is 0 Å². The molecule has 2 N–H and O–H groups in total. The van der Waals surface area contributed by atoms with Crippen molar-refractivity contribution in [2.24, 2.45) is 0 Å². The molecular formula is C5H14ClCuN2. The first-order valence-corrected chi connectivity index (χ1v) is 2.71. The van der Waals surface area contributed by atoms with Crippen LogP contribution in [0, 0.1) is 0 Å². The van der Waals surface area contributed by atoms with Gasteiger partial charge in [0.1, 0.15) is 0 Å². The smallest absolute Gasteiger partial charge is 1.00 e. The van der Waals surface area contributed by atoms with Crippen molar-refractivity contribution in [1.82, 2.24) is 10.6 Å². The molecule has 9 heavy (non-hydrogen) atoms. The van der Waals surface area contributed by atoms with Crippen molar-refractivity contribution in [2.75, 3.05) is 27.2 Å². The maximum atomic E-state index is 3.06. The van der Waals surface area contributed by atoms with Gasteiger partial charge >= 0.3 is 17.1 Å². The van der Waals surface area contributed by atoms with Crippen molar-refractivity contribution < 1.29 is 29.5 Å². The second-order valence-corrected chi connectivity index (χ2v) is 1.56. The fraction of sp³-hybridized carbons (Fsp3) is 1.00. The molecule has 0 fully saturated rings. The second kappa shape index (κ2) is 15.9. The zero-order chi connectivity index (χ0) is 5.54. The first-order valence-electron chi connectivity index (χ1n) is 2.71. The summed E-state index contributed by atoms with van der Waals surface area (Å²) in [5, 5.41) is 6.12. The Morgan fingerprint density at radius 3 is 1.56 bits per heavy atom. The van der Waals surface area contributed by atoms with Crippen LogP contribution in [0.1, 0.15) is 6.42 Å². The van der Waals surface area contributed by atoms with E-state index in [1.54, 1.807) is 0 Å². The Morgan fingerprint density at radius 2 is 1.33 bits per heavy atom. The minimum Gasteiger partial charge on any atom is -1.00 e. The minimum atomic E-state index is 0. The molecular weight excluding hydrogens is 187 g/mol. The molecule has 0 saturated carbocycles. The molecule has 0 amide bonds. The second-order valence-electron chi connectivity index (χ2n) is 1.56. The predicted molar refractivity (Wildman–Crippen MR) is 32.5 cm³/mol. The fourth-order valence-electron chi connectivity index (χ4n) is 0.442. The third-order valence-electron chi connectivity index (χ3n) is 0.854. The molecule has 0 saturated heterocycles. The Bertz CT molecular complexity index is 34.1. The van der Waals surface area contributed by atoms with Gasteiger partial charge < -0.3 is 23.0 Å². The molecule has 0 heterocycles. The molecule has 0 aromatic rings. The van der Waals surface area contributed by atoms with Gasteiger partial charge in [0.15, 0.2) is 0 Å². The molecule has 62 valence electrons. The zero-order valence-corrected chi connectivity index (χ0v) is 7.50. The molecule has 0 spiro atoms. The van der Waals surface area contributed by atoms with E-state index in [-0.39, 0.29) is 29.5 Å². The van der Waals surface area contributed by atoms with Gasteiger partial charge in [0.25, 0.3) is 0 Å². The van der Waals surface area contributed by atoms with Crippen molar-refractivity contribution in [1.29, 1.82) is 0 Å². The monoisotopic (exact) mass is 200 g/mol. The maximum absolute atomic E-state index is 3.06. The van der Waals surface area contributed by atoms with E-state index in [0.29, 0.717) is 0 Å². The molecule has 4 heteroatoms. The summed E-state index contributed by atoms with van der Waals surface area (Å²) in [6, 6.07) is 0. The van der Waals surface area contributed by atoms with Crippen LogP contribution in [0.5, 0.6) is 0 Å². The van der Waals surface area contributed by atoms with Gasteiger partial charge in [0.05, 0.1) is 0 Å². The number of halogens is 1. The molecule has 2 nitrogen and oxygen atoms in total. The van der Waals surface area contributed by atoms with E-state index < -0.39 is 0 Å². The maximum Gasteiger partial charge on any atom is 1.00 e. The summed E-state index contributed by atoms with van der Waals surface area (Å²) in [4.78, 5) is 0. The van der Waals surface area contributed by atoms with E-state index >= 15 is 0 Å². The van der Waals surface area contributed by atoms with Crippen molar-refractivity contribution in [2.45, 2.75) is 6.42 Å². The van der Waals surface area contributed by atoms with Crippen LogP contribution in [0.15, 0.2) is 0 Å². The number of rotatable bonds is 4. The molecule has 0 atom stereocenters. The van der Waals surface area contributed by atoms with E-state index in [0.717, 1.165) is 13.1 Å². The standard InChI is InChI=1S/C5H14N2.ClH.Cu/c1-6-4-3-5-7-2;;/h6-7H,3-5H2,1-2H3;1H;/q;;+1/p-1. The van der Waals surface area contributed by atoms with Crippen LogP contribution < -0.4 is 23.0 Å². The van der Waals surface area contributed by atoms with Gasteiger partial charge in [-0.15, -0.1) is 0 Å². The van der Waals surface area contributed by atoms with Crippen LogP contribution in [0.3, 0.4) is 0 Å². The SMILES string of the molecule is CNCCCNC.[Cl-].[Cu+]. The summed E-state index contributed by atoms with van der Waals surface area (Å²) < 4.78 is 0. The van der Waals surface area contributed by atoms with E-state index in [2.05, 4.69) is 10.6 Å². The fourth-order valence-corrected chi connectivity index (χ4v) is 0.442. The minimum absolute atomic E-state index is 0. The first kappa shape index (κ1) is 16.4. The van der Waals surface area contributed by atoms with Crippen molar-refractivity contribution in [3.8, 4) is 0 Å². The zero-order valence-electron chi connectivity index (χ0n) is 5.80. The first-order chi connectivity index (χ1) is 3.41. The number of hydrogen-bond acceptors (Lipinski definition) is 2. The van der Waals surface area contributed by atoms with Gasteiger partial charge in [0.2, 0.25) is 0 Å². The Morgan fingerprint density at radius 1 is 1.00 bits per heavy atom. The molecule has 0 aromatic heterocycles. The molecule has 0 aliphatic heterocycles. The number of nitrogens with one attached hydrogen (secondary N) is 2. The molecule has 0 aromatic carbocycles. The van der Waals surface area contributed by atoms with Crippen LogP contribution in [-0.4, -0.2) is 27.2 Å². The van der Waals surface area contributed by atoms with Crippen LogP contribution in [0.25, 0.3) is 0 Å². The van der Waals surface area contributed by atoms with Gasteiger partial charge in [-0.05, 0) is 33.6 Å². The van der Waals surface area contributed by atoms with Crippen LogP contribution in [0.4, 0.5) is 0 Å². The van der Waals surface area contributed by atoms with Crippen LogP contribution >= 0.6 is 0 Å². The summed E-state index contributed by atoms with van der Waals surface area (Å²) >= 11 is 0. The van der Waals surface area contributed by atoms with E-state index in [9.17, 15) is 0 Å². The topological polar surface area (TPSA) is 24.1 Å². The van der Waals surface area contributed by atoms with Gasteiger partial charge in [-0.25, -0.2) is 0 Å². The third kappa shape index (κ3) is 17.7. The molecule has 0 bridgehead atoms. The molecule has 0 aliphatic carbocycles. The summed E-state index contributed by atoms with van der Waals surface area (Å²) in [5.74, 6) is 0. The molecule has 0 aliphatic rings. The van der Waals surface area contributed by atoms with Gasteiger partial charge in [-0.2, -0.15) is 0 Å². The number of hydrogen-bond donors (Lipinski definition) is 2. The van der Waals surface area contributed by atoms with Gasteiger partial charge in [-0.3, -0.25) is 0 Å². The van der Waals surface area contributed by atoms with Crippen molar-refractivity contribution in [3.63, 3.8) is 0 Å². The molecule has 0 rings (SSSR count). The predicted octanol–water partition coefficient (Wildman–Crippen LogP) is -3.18. The van der Waals surface area contributed by atoms with Crippen LogP contribution in [-0.2, 0) is 17.1 Å². The largest absolute Gasteiger partial charge is 1.00 e. The summed E-state index contributed by atoms with van der Waals surface area (Å²) in [5.41, 5.74) is 0. The van der Waals surface area contributed by atoms with Gasteiger partial charge in [-0.1, -0.05) is 0 Å². The Hall–Kier alpha value is 0.729. The third-order valence-corrected chi connectivity index (χ3v) is 0.854. The van der Waals surface area contributed by atoms with Crippen LogP contribution in [0.2, 0.25) is 0 Å². The summed E-state index contributed by atoms with van der Waals surface area (Å²) in [7, 11) is 3.94. The Balaban J connectivity index is -0.000000180. The average Bonchev–Trinajstić information content (AvgIpc) is 1.69. The average molecular weight is 201 g/mol. The van der Waals surface area contributed by atoms with Crippen molar-refractivity contribution in [3.05, 3.63) is 0 Å². The quantitative estimate of drug-likeness (QED) is 0.370. The van der Waals surface area contributed by atoms with Gasteiger partial charge in [0, 0.05) is 0 Å². The van der Waals surface area contributed by atoms with E-state index in [1.165, 1.54) is 6.42 Å². The van der Waals surface area contributed by atoms with Crippen molar-refractivity contribution >= 4 is 0 Å². The summed E-state index contributed by atoms with van der Waals surface area (Å²) in [6.45, 7) is 2.22. The Kier molecular flexibility index (Phi) is 28.9. The Labute approximate surface area is 74.0 Å². The van der Waals surface area contributed by atoms with E-state index in [1.807, 2.05) is 14.1 Å².